The van der Waals surface area contributed by atoms with Crippen molar-refractivity contribution in [3.8, 4) is 5.69 Å². The highest BCUT2D eigenvalue weighted by molar-refractivity contribution is 7.90. The molecule has 1 heterocycles. The molecule has 0 aliphatic rings. The Morgan fingerprint density at radius 1 is 1.19 bits per heavy atom. The predicted octanol–water partition coefficient (Wildman–Crippen LogP) is 3.76. The number of benzene rings is 2. The normalized spacial score (nSPS) is 12.1. The Hall–Kier alpha value is -2.99. The molecule has 0 atom stereocenters. The van der Waals surface area contributed by atoms with E-state index in [0.717, 1.165) is 22.9 Å². The molecule has 0 spiro atoms. The summed E-state index contributed by atoms with van der Waals surface area (Å²) in [5.41, 5.74) is -2.18. The lowest BCUT2D eigenvalue weighted by molar-refractivity contribution is -0.137. The van der Waals surface area contributed by atoms with E-state index < -0.39 is 49.8 Å². The third-order valence-corrected chi connectivity index (χ3v) is 5.76. The predicted molar refractivity (Wildman–Crippen MR) is 102 cm³/mol. The van der Waals surface area contributed by atoms with E-state index in [1.165, 1.54) is 25.1 Å². The number of rotatable bonds is 5. The quantitative estimate of drug-likeness (QED) is 0.566. The van der Waals surface area contributed by atoms with Gasteiger partial charge in [0.15, 0.2) is 5.69 Å². The number of amides is 1. The van der Waals surface area contributed by atoms with E-state index in [2.05, 4.69) is 10.3 Å². The highest BCUT2D eigenvalue weighted by Crippen LogP contribution is 2.36. The average molecular weight is 477 g/mol. The van der Waals surface area contributed by atoms with Gasteiger partial charge in [-0.1, -0.05) is 35.9 Å². The standard InChI is InChI=1S/C18H13ClF4N4O3S/c1-2-13-16(17(28)25-31(29,30)15-6-4-3-5-12(15)20)24-26-27(13)14-8-7-10(19)9-11(14)18(21,22)23/h3-9H,2H2,1H3,(H,25,28). The second kappa shape index (κ2) is 8.27. The molecule has 0 aliphatic heterocycles. The van der Waals surface area contributed by atoms with Crippen molar-refractivity contribution in [3.63, 3.8) is 0 Å². The van der Waals surface area contributed by atoms with Crippen molar-refractivity contribution in [3.05, 3.63) is 70.3 Å². The van der Waals surface area contributed by atoms with Gasteiger partial charge in [-0.2, -0.15) is 13.2 Å². The molecule has 1 N–H and O–H groups in total. The van der Waals surface area contributed by atoms with Gasteiger partial charge in [0.05, 0.1) is 16.9 Å². The highest BCUT2D eigenvalue weighted by atomic mass is 35.5. The van der Waals surface area contributed by atoms with Gasteiger partial charge < -0.3 is 0 Å². The van der Waals surface area contributed by atoms with Crippen LogP contribution in [0.3, 0.4) is 0 Å². The highest BCUT2D eigenvalue weighted by Gasteiger charge is 2.36. The summed E-state index contributed by atoms with van der Waals surface area (Å²) >= 11 is 5.68. The fraction of sp³-hybridized carbons (Fsp3) is 0.167. The maximum Gasteiger partial charge on any atom is 0.418 e. The third kappa shape index (κ3) is 4.54. The number of alkyl halides is 3. The van der Waals surface area contributed by atoms with Crippen molar-refractivity contribution < 1.29 is 30.8 Å². The molecule has 1 aromatic heterocycles. The molecule has 2 aromatic carbocycles. The number of nitrogens with zero attached hydrogens (tertiary/aromatic N) is 3. The number of nitrogens with one attached hydrogen (secondary N) is 1. The lowest BCUT2D eigenvalue weighted by atomic mass is 10.1. The minimum atomic E-state index is -4.78. The first kappa shape index (κ1) is 22.7. The molecule has 164 valence electrons. The average Bonchev–Trinajstić information content (AvgIpc) is 3.11. The summed E-state index contributed by atoms with van der Waals surface area (Å²) in [4.78, 5) is 11.8. The number of halogens is 5. The molecule has 0 unspecified atom stereocenters. The summed E-state index contributed by atoms with van der Waals surface area (Å²) in [5.74, 6) is -2.35. The maximum absolute atomic E-state index is 13.8. The van der Waals surface area contributed by atoms with Crippen molar-refractivity contribution in [1.82, 2.24) is 19.7 Å². The van der Waals surface area contributed by atoms with Crippen LogP contribution in [0, 0.1) is 5.82 Å². The zero-order chi connectivity index (χ0) is 23.0. The topological polar surface area (TPSA) is 93.9 Å². The van der Waals surface area contributed by atoms with Crippen LogP contribution in [0.2, 0.25) is 5.02 Å². The Balaban J connectivity index is 2.04. The van der Waals surface area contributed by atoms with Gasteiger partial charge in [0, 0.05) is 5.02 Å². The van der Waals surface area contributed by atoms with Gasteiger partial charge in [0.1, 0.15) is 10.7 Å². The van der Waals surface area contributed by atoms with E-state index in [-0.39, 0.29) is 17.1 Å². The van der Waals surface area contributed by atoms with Crippen molar-refractivity contribution in [1.29, 1.82) is 0 Å². The Kier molecular flexibility index (Phi) is 6.05. The van der Waals surface area contributed by atoms with Crippen molar-refractivity contribution in [2.24, 2.45) is 0 Å². The van der Waals surface area contributed by atoms with Gasteiger partial charge in [-0.05, 0) is 36.8 Å². The summed E-state index contributed by atoms with van der Waals surface area (Å²) in [5, 5.41) is 6.98. The first-order valence-corrected chi connectivity index (χ1v) is 10.4. The molecule has 0 aliphatic carbocycles. The molecule has 0 saturated carbocycles. The van der Waals surface area contributed by atoms with Crippen LogP contribution in [0.4, 0.5) is 17.6 Å². The second-order valence-electron chi connectivity index (χ2n) is 6.17. The summed E-state index contributed by atoms with van der Waals surface area (Å²) in [7, 11) is -4.60. The summed E-state index contributed by atoms with van der Waals surface area (Å²) in [6, 6.07) is 7.32. The monoisotopic (exact) mass is 476 g/mol. The third-order valence-electron chi connectivity index (χ3n) is 4.16. The van der Waals surface area contributed by atoms with Gasteiger partial charge in [-0.15, -0.1) is 5.10 Å². The first-order chi connectivity index (χ1) is 14.5. The van der Waals surface area contributed by atoms with Crippen LogP contribution in [-0.2, 0) is 22.6 Å². The molecule has 0 radical (unpaired) electrons. The SMILES string of the molecule is CCc1c(C(=O)NS(=O)(=O)c2ccccc2F)nnn1-c1ccc(Cl)cc1C(F)(F)F. The summed E-state index contributed by atoms with van der Waals surface area (Å²) < 4.78 is 81.3. The largest absolute Gasteiger partial charge is 0.418 e. The number of carbonyl (C=O) groups is 1. The van der Waals surface area contributed by atoms with Crippen molar-refractivity contribution in [2.45, 2.75) is 24.4 Å². The molecule has 0 bridgehead atoms. The van der Waals surface area contributed by atoms with Gasteiger partial charge in [-0.25, -0.2) is 22.2 Å². The number of carbonyl (C=O) groups excluding carboxylic acids is 1. The zero-order valence-electron chi connectivity index (χ0n) is 15.6. The van der Waals surface area contributed by atoms with Crippen molar-refractivity contribution >= 4 is 27.5 Å². The smallest absolute Gasteiger partial charge is 0.266 e. The molecule has 0 saturated heterocycles. The van der Waals surface area contributed by atoms with Gasteiger partial charge in [0.25, 0.3) is 15.9 Å². The van der Waals surface area contributed by atoms with Gasteiger partial charge in [-0.3, -0.25) is 4.79 Å². The minimum absolute atomic E-state index is 0.0184. The lowest BCUT2D eigenvalue weighted by Crippen LogP contribution is -2.32. The molecule has 1 amide bonds. The number of sulfonamides is 1. The van der Waals surface area contributed by atoms with Crippen LogP contribution in [0.15, 0.2) is 47.4 Å². The Labute approximate surface area is 178 Å². The van der Waals surface area contributed by atoms with Crippen LogP contribution < -0.4 is 4.72 Å². The number of aromatic nitrogens is 3. The fourth-order valence-electron chi connectivity index (χ4n) is 2.80. The molecule has 3 rings (SSSR count). The van der Waals surface area contributed by atoms with Crippen LogP contribution in [0.1, 0.15) is 28.7 Å². The zero-order valence-corrected chi connectivity index (χ0v) is 17.2. The summed E-state index contributed by atoms with van der Waals surface area (Å²) in [6.07, 6.45) is -4.80. The number of hydrogen-bond acceptors (Lipinski definition) is 5. The van der Waals surface area contributed by atoms with E-state index in [4.69, 9.17) is 11.6 Å². The lowest BCUT2D eigenvalue weighted by Gasteiger charge is -2.14. The van der Waals surface area contributed by atoms with Crippen molar-refractivity contribution in [2.75, 3.05) is 0 Å². The van der Waals surface area contributed by atoms with Crippen LogP contribution in [-0.4, -0.2) is 29.3 Å². The van der Waals surface area contributed by atoms with Crippen LogP contribution >= 0.6 is 11.6 Å². The van der Waals surface area contributed by atoms with E-state index in [9.17, 15) is 30.8 Å². The molecular weight excluding hydrogens is 464 g/mol. The summed E-state index contributed by atoms with van der Waals surface area (Å²) in [6.45, 7) is 1.51. The second-order valence-corrected chi connectivity index (χ2v) is 8.26. The Morgan fingerprint density at radius 2 is 1.87 bits per heavy atom. The van der Waals surface area contributed by atoms with Gasteiger partial charge in [0.2, 0.25) is 0 Å². The molecule has 13 heteroatoms. The van der Waals surface area contributed by atoms with E-state index in [0.29, 0.717) is 6.07 Å². The van der Waals surface area contributed by atoms with E-state index in [1.54, 1.807) is 4.72 Å². The van der Waals surface area contributed by atoms with Gasteiger partial charge >= 0.3 is 6.18 Å². The van der Waals surface area contributed by atoms with Crippen LogP contribution in [0.5, 0.6) is 0 Å². The molecule has 0 fully saturated rings. The molecular formula is C18H13ClF4N4O3S. The molecule has 3 aromatic rings. The minimum Gasteiger partial charge on any atom is -0.266 e. The number of hydrogen-bond donors (Lipinski definition) is 1. The molecule has 31 heavy (non-hydrogen) atoms. The van der Waals surface area contributed by atoms with E-state index in [1.807, 2.05) is 0 Å². The maximum atomic E-state index is 13.8. The Bertz CT molecular complexity index is 1260. The Morgan fingerprint density at radius 3 is 2.48 bits per heavy atom. The van der Waals surface area contributed by atoms with E-state index >= 15 is 0 Å². The first-order valence-electron chi connectivity index (χ1n) is 8.59. The fourth-order valence-corrected chi connectivity index (χ4v) is 4.00. The molecule has 7 nitrogen and oxygen atoms in total. The van der Waals surface area contributed by atoms with Crippen LogP contribution in [0.25, 0.3) is 5.69 Å².